The second-order valence-electron chi connectivity index (χ2n) is 7.37. The summed E-state index contributed by atoms with van der Waals surface area (Å²) in [7, 11) is 1.71. The molecule has 1 aliphatic heterocycles. The van der Waals surface area contributed by atoms with E-state index in [2.05, 4.69) is 35.3 Å². The number of likely N-dealkylation sites (N-methyl/N-ethyl adjacent to an activating group) is 1. The maximum atomic E-state index is 12.5. The zero-order chi connectivity index (χ0) is 19.8. The van der Waals surface area contributed by atoms with Gasteiger partial charge in [-0.3, -0.25) is 4.79 Å². The van der Waals surface area contributed by atoms with Gasteiger partial charge in [-0.2, -0.15) is 0 Å². The molecule has 0 spiro atoms. The Morgan fingerprint density at radius 3 is 2.67 bits per heavy atom. The summed E-state index contributed by atoms with van der Waals surface area (Å²) in [4.78, 5) is 14.9. The number of ketones is 1. The lowest BCUT2D eigenvalue weighted by atomic mass is 10.0. The Kier molecular flexibility index (Phi) is 11.9. The number of fused-ring (bicyclic) bond motifs is 1. The summed E-state index contributed by atoms with van der Waals surface area (Å²) in [5, 5.41) is 3.47. The van der Waals surface area contributed by atoms with E-state index in [0.29, 0.717) is 6.42 Å². The van der Waals surface area contributed by atoms with Crippen molar-refractivity contribution in [2.45, 2.75) is 39.0 Å². The molecule has 0 aliphatic carbocycles. The number of nitrogens with one attached hydrogen (secondary N) is 1. The number of ether oxygens (including phenoxy) is 1. The zero-order valence-corrected chi connectivity index (χ0v) is 19.6. The summed E-state index contributed by atoms with van der Waals surface area (Å²) in [5.74, 6) is 1.22. The van der Waals surface area contributed by atoms with E-state index in [1.165, 1.54) is 16.8 Å². The fraction of sp³-hybridized carbons (Fsp3) is 0.458. The lowest BCUT2D eigenvalue weighted by molar-refractivity contribution is 0.0979. The minimum atomic E-state index is 0. The summed E-state index contributed by atoms with van der Waals surface area (Å²) in [6.45, 7) is 6.15. The number of Topliss-reactive ketones (excluding diaryl/α,β-unsaturated/α-hetero) is 1. The van der Waals surface area contributed by atoms with E-state index in [4.69, 9.17) is 4.74 Å². The lowest BCUT2D eigenvalue weighted by Gasteiger charge is -2.16. The Bertz CT molecular complexity index is 799. The van der Waals surface area contributed by atoms with Gasteiger partial charge in [-0.1, -0.05) is 18.2 Å². The summed E-state index contributed by atoms with van der Waals surface area (Å²) >= 11 is 0. The summed E-state index contributed by atoms with van der Waals surface area (Å²) < 4.78 is 5.38. The molecule has 0 bridgehead atoms. The molecule has 0 unspecified atom stereocenters. The molecule has 6 heteroatoms. The topological polar surface area (TPSA) is 41.6 Å². The number of carbonyl (C=O) groups is 1. The van der Waals surface area contributed by atoms with Crippen LogP contribution >= 0.6 is 24.8 Å². The van der Waals surface area contributed by atoms with Crippen molar-refractivity contribution < 1.29 is 9.53 Å². The molecular formula is C24H34Cl2N2O2. The third-order valence-corrected chi connectivity index (χ3v) is 5.55. The molecule has 0 radical (unpaired) electrons. The van der Waals surface area contributed by atoms with Crippen LogP contribution < -0.4 is 15.0 Å². The van der Waals surface area contributed by atoms with Gasteiger partial charge in [-0.25, -0.2) is 0 Å². The maximum absolute atomic E-state index is 12.5. The fourth-order valence-corrected chi connectivity index (χ4v) is 3.91. The van der Waals surface area contributed by atoms with E-state index in [0.717, 1.165) is 63.2 Å². The smallest absolute Gasteiger partial charge is 0.162 e. The number of benzene rings is 2. The first-order chi connectivity index (χ1) is 13.7. The third kappa shape index (κ3) is 6.90. The van der Waals surface area contributed by atoms with Crippen LogP contribution in [-0.2, 0) is 12.8 Å². The molecule has 0 fully saturated rings. The molecule has 30 heavy (non-hydrogen) atoms. The van der Waals surface area contributed by atoms with Gasteiger partial charge in [-0.05, 0) is 81.1 Å². The van der Waals surface area contributed by atoms with Gasteiger partial charge in [-0.15, -0.1) is 24.8 Å². The zero-order valence-electron chi connectivity index (χ0n) is 18.0. The molecule has 0 aromatic heterocycles. The van der Waals surface area contributed by atoms with Crippen LogP contribution in [0.15, 0.2) is 42.5 Å². The molecule has 2 aromatic carbocycles. The second-order valence-corrected chi connectivity index (χ2v) is 7.37. The largest absolute Gasteiger partial charge is 0.496 e. The van der Waals surface area contributed by atoms with E-state index in [-0.39, 0.29) is 30.6 Å². The summed E-state index contributed by atoms with van der Waals surface area (Å²) in [6.07, 6.45) is 4.59. The number of para-hydroxylation sites is 1. The average Bonchev–Trinajstić information content (AvgIpc) is 3.15. The molecule has 4 nitrogen and oxygen atoms in total. The van der Waals surface area contributed by atoms with Crippen molar-refractivity contribution in [3.05, 3.63) is 59.2 Å². The van der Waals surface area contributed by atoms with Crippen molar-refractivity contribution in [3.8, 4) is 5.75 Å². The number of hydrogen-bond donors (Lipinski definition) is 1. The Labute approximate surface area is 193 Å². The molecule has 2 aromatic rings. The molecule has 1 N–H and O–H groups in total. The number of halogens is 2. The SMILES string of the molecule is CCN1CCc2cc(C(=O)CCCCNCCc3ccccc3OC)ccc21.Cl.Cl. The van der Waals surface area contributed by atoms with Gasteiger partial charge in [0.2, 0.25) is 0 Å². The lowest BCUT2D eigenvalue weighted by Crippen LogP contribution is -2.19. The summed E-state index contributed by atoms with van der Waals surface area (Å²) in [6, 6.07) is 14.4. The number of anilines is 1. The normalized spacial score (nSPS) is 12.0. The predicted octanol–water partition coefficient (Wildman–Crippen LogP) is 5.11. The van der Waals surface area contributed by atoms with Crippen molar-refractivity contribution >= 4 is 36.3 Å². The predicted molar refractivity (Wildman–Crippen MR) is 130 cm³/mol. The monoisotopic (exact) mass is 452 g/mol. The van der Waals surface area contributed by atoms with Gasteiger partial charge in [0.25, 0.3) is 0 Å². The molecule has 0 atom stereocenters. The fourth-order valence-electron chi connectivity index (χ4n) is 3.91. The minimum Gasteiger partial charge on any atom is -0.496 e. The molecule has 3 rings (SSSR count). The summed E-state index contributed by atoms with van der Waals surface area (Å²) in [5.41, 5.74) is 4.73. The Morgan fingerprint density at radius 1 is 1.10 bits per heavy atom. The first-order valence-corrected chi connectivity index (χ1v) is 10.5. The van der Waals surface area contributed by atoms with Crippen molar-refractivity contribution in [2.24, 2.45) is 0 Å². The van der Waals surface area contributed by atoms with E-state index >= 15 is 0 Å². The van der Waals surface area contributed by atoms with E-state index in [9.17, 15) is 4.79 Å². The van der Waals surface area contributed by atoms with Crippen LogP contribution in [0.1, 0.15) is 47.7 Å². The Hall–Kier alpha value is -1.75. The number of hydrogen-bond acceptors (Lipinski definition) is 4. The quantitative estimate of drug-likeness (QED) is 0.380. The van der Waals surface area contributed by atoms with Gasteiger partial charge < -0.3 is 15.0 Å². The molecule has 166 valence electrons. The van der Waals surface area contributed by atoms with Crippen LogP contribution in [0.2, 0.25) is 0 Å². The number of unbranched alkanes of at least 4 members (excludes halogenated alkanes) is 1. The number of nitrogens with zero attached hydrogens (tertiary/aromatic N) is 1. The molecule has 0 saturated heterocycles. The third-order valence-electron chi connectivity index (χ3n) is 5.55. The Morgan fingerprint density at radius 2 is 1.90 bits per heavy atom. The van der Waals surface area contributed by atoms with Crippen LogP contribution in [0.3, 0.4) is 0 Å². The second kappa shape index (κ2) is 13.5. The Balaban J connectivity index is 0.00000225. The number of carbonyl (C=O) groups excluding carboxylic acids is 1. The van der Waals surface area contributed by atoms with Crippen molar-refractivity contribution in [1.29, 1.82) is 0 Å². The van der Waals surface area contributed by atoms with E-state index in [1.54, 1.807) is 7.11 Å². The molecule has 1 aliphatic rings. The first-order valence-electron chi connectivity index (χ1n) is 10.5. The maximum Gasteiger partial charge on any atom is 0.162 e. The van der Waals surface area contributed by atoms with Gasteiger partial charge in [0.1, 0.15) is 5.75 Å². The van der Waals surface area contributed by atoms with Crippen LogP contribution in [-0.4, -0.2) is 39.1 Å². The first kappa shape index (κ1) is 26.3. The van der Waals surface area contributed by atoms with Gasteiger partial charge in [0, 0.05) is 30.8 Å². The highest BCUT2D eigenvalue weighted by atomic mass is 35.5. The van der Waals surface area contributed by atoms with Crippen LogP contribution in [0.5, 0.6) is 5.75 Å². The van der Waals surface area contributed by atoms with E-state index < -0.39 is 0 Å². The standard InChI is InChI=1S/C24H32N2O2.2ClH/c1-3-26-17-14-20-18-21(11-12-22(20)26)23(27)9-6-7-15-25-16-13-19-8-4-5-10-24(19)28-2;;/h4-5,8,10-12,18,25H,3,6-7,9,13-17H2,1-2H3;2*1H. The van der Waals surface area contributed by atoms with Gasteiger partial charge in [0.05, 0.1) is 7.11 Å². The van der Waals surface area contributed by atoms with Crippen molar-refractivity contribution in [3.63, 3.8) is 0 Å². The molecule has 1 heterocycles. The molecule has 0 amide bonds. The number of methoxy groups -OCH3 is 1. The van der Waals surface area contributed by atoms with Gasteiger partial charge >= 0.3 is 0 Å². The highest BCUT2D eigenvalue weighted by molar-refractivity contribution is 5.96. The highest BCUT2D eigenvalue weighted by Crippen LogP contribution is 2.29. The molecule has 0 saturated carbocycles. The van der Waals surface area contributed by atoms with Crippen LogP contribution in [0, 0.1) is 0 Å². The van der Waals surface area contributed by atoms with Gasteiger partial charge in [0.15, 0.2) is 5.78 Å². The van der Waals surface area contributed by atoms with Crippen molar-refractivity contribution in [2.75, 3.05) is 38.2 Å². The van der Waals surface area contributed by atoms with Crippen LogP contribution in [0.25, 0.3) is 0 Å². The number of rotatable bonds is 11. The highest BCUT2D eigenvalue weighted by Gasteiger charge is 2.18. The van der Waals surface area contributed by atoms with E-state index in [1.807, 2.05) is 24.3 Å². The minimum absolute atomic E-state index is 0. The average molecular weight is 453 g/mol. The van der Waals surface area contributed by atoms with Crippen LogP contribution in [0.4, 0.5) is 5.69 Å². The van der Waals surface area contributed by atoms with Crippen molar-refractivity contribution in [1.82, 2.24) is 5.32 Å². The molecular weight excluding hydrogens is 419 g/mol.